The monoisotopic (exact) mass is 304 g/mol. The molecule has 0 atom stereocenters. The van der Waals surface area contributed by atoms with Crippen LogP contribution in [0.1, 0.15) is 21.6 Å². The molecule has 0 unspecified atom stereocenters. The first-order valence-corrected chi connectivity index (χ1v) is 7.51. The predicted octanol–water partition coefficient (Wildman–Crippen LogP) is 4.02. The van der Waals surface area contributed by atoms with Crippen molar-refractivity contribution in [3.05, 3.63) is 51.6 Å². The molecule has 0 fully saturated rings. The summed E-state index contributed by atoms with van der Waals surface area (Å²) >= 11 is 7.78. The highest BCUT2D eigenvalue weighted by Gasteiger charge is 2.18. The smallest absolute Gasteiger partial charge is 0.168 e. The molecule has 0 bridgehead atoms. The molecular formula is C15H13ClN2OS. The van der Waals surface area contributed by atoms with Gasteiger partial charge in [-0.2, -0.15) is 5.10 Å². The molecule has 2 aromatic heterocycles. The minimum Gasteiger partial charge on any atom is -0.294 e. The lowest BCUT2D eigenvalue weighted by Gasteiger charge is -2.00. The summed E-state index contributed by atoms with van der Waals surface area (Å²) in [5.41, 5.74) is 2.39. The summed E-state index contributed by atoms with van der Waals surface area (Å²) in [6.07, 6.45) is 0.291. The highest BCUT2D eigenvalue weighted by molar-refractivity contribution is 7.17. The fraction of sp³-hybridized carbons (Fsp3) is 0.200. The van der Waals surface area contributed by atoms with Crippen LogP contribution in [0.15, 0.2) is 29.6 Å². The van der Waals surface area contributed by atoms with Crippen LogP contribution in [0.2, 0.25) is 5.15 Å². The summed E-state index contributed by atoms with van der Waals surface area (Å²) in [6, 6.07) is 7.94. The fourth-order valence-corrected chi connectivity index (χ4v) is 3.53. The molecule has 0 amide bonds. The first-order valence-electron chi connectivity index (χ1n) is 6.25. The van der Waals surface area contributed by atoms with Crippen LogP contribution in [0.5, 0.6) is 0 Å². The van der Waals surface area contributed by atoms with Gasteiger partial charge >= 0.3 is 0 Å². The Balaban J connectivity index is 1.97. The zero-order chi connectivity index (χ0) is 14.3. The highest BCUT2D eigenvalue weighted by atomic mass is 35.5. The predicted molar refractivity (Wildman–Crippen MR) is 82.8 cm³/mol. The van der Waals surface area contributed by atoms with Crippen LogP contribution >= 0.6 is 22.9 Å². The molecule has 0 aliphatic carbocycles. The number of carbonyl (C=O) groups excluding carboxylic acids is 1. The number of carbonyl (C=O) groups is 1. The van der Waals surface area contributed by atoms with Crippen molar-refractivity contribution < 1.29 is 4.79 Å². The van der Waals surface area contributed by atoms with Gasteiger partial charge in [0, 0.05) is 40.1 Å². The topological polar surface area (TPSA) is 34.9 Å². The molecule has 0 radical (unpaired) electrons. The van der Waals surface area contributed by atoms with Gasteiger partial charge in [0.15, 0.2) is 5.78 Å². The lowest BCUT2D eigenvalue weighted by atomic mass is 10.0. The van der Waals surface area contributed by atoms with Gasteiger partial charge in [-0.3, -0.25) is 9.48 Å². The van der Waals surface area contributed by atoms with Gasteiger partial charge in [-0.1, -0.05) is 29.8 Å². The number of aryl methyl sites for hydroxylation is 2. The molecule has 3 nitrogen and oxygen atoms in total. The molecule has 0 N–H and O–H groups in total. The van der Waals surface area contributed by atoms with Crippen molar-refractivity contribution in [3.63, 3.8) is 0 Å². The zero-order valence-corrected chi connectivity index (χ0v) is 12.8. The van der Waals surface area contributed by atoms with Gasteiger partial charge in [-0.15, -0.1) is 11.3 Å². The standard InChI is InChI=1S/C15H13ClN2OS/c1-9-11(15(16)18(2)17-9)7-13(19)12-8-20-14-6-4-3-5-10(12)14/h3-6,8H,7H2,1-2H3. The molecule has 0 spiro atoms. The maximum atomic E-state index is 12.5. The number of halogens is 1. The quantitative estimate of drug-likeness (QED) is 0.685. The number of hydrogen-bond donors (Lipinski definition) is 0. The molecule has 102 valence electrons. The summed E-state index contributed by atoms with van der Waals surface area (Å²) in [4.78, 5) is 12.5. The first-order chi connectivity index (χ1) is 9.58. The molecule has 0 saturated carbocycles. The van der Waals surface area contributed by atoms with Gasteiger partial charge in [0.1, 0.15) is 5.15 Å². The fourth-order valence-electron chi connectivity index (χ4n) is 2.32. The molecule has 20 heavy (non-hydrogen) atoms. The van der Waals surface area contributed by atoms with E-state index in [1.54, 1.807) is 23.1 Å². The Kier molecular flexibility index (Phi) is 3.36. The Morgan fingerprint density at radius 1 is 1.40 bits per heavy atom. The Morgan fingerprint density at radius 3 is 2.85 bits per heavy atom. The van der Waals surface area contributed by atoms with Gasteiger partial charge in [0.05, 0.1) is 5.69 Å². The average Bonchev–Trinajstić information content (AvgIpc) is 2.96. The van der Waals surface area contributed by atoms with E-state index in [4.69, 9.17) is 11.6 Å². The number of benzene rings is 1. The third kappa shape index (κ3) is 2.15. The molecule has 0 aliphatic heterocycles. The van der Waals surface area contributed by atoms with Crippen molar-refractivity contribution in [1.82, 2.24) is 9.78 Å². The van der Waals surface area contributed by atoms with Crippen molar-refractivity contribution in [2.45, 2.75) is 13.3 Å². The summed E-state index contributed by atoms with van der Waals surface area (Å²) in [6.45, 7) is 1.88. The number of thiophene rings is 1. The van der Waals surface area contributed by atoms with Crippen LogP contribution < -0.4 is 0 Å². The number of nitrogens with zero attached hydrogens (tertiary/aromatic N) is 2. The van der Waals surface area contributed by atoms with E-state index in [2.05, 4.69) is 5.10 Å². The number of Topliss-reactive ketones (excluding diaryl/α,β-unsaturated/α-hetero) is 1. The Hall–Kier alpha value is -1.65. The molecule has 2 heterocycles. The second-order valence-corrected chi connectivity index (χ2v) is 5.99. The van der Waals surface area contributed by atoms with Crippen LogP contribution in [-0.2, 0) is 13.5 Å². The summed E-state index contributed by atoms with van der Waals surface area (Å²) in [7, 11) is 1.78. The molecule has 0 aliphatic rings. The lowest BCUT2D eigenvalue weighted by molar-refractivity contribution is 0.0994. The highest BCUT2D eigenvalue weighted by Crippen LogP contribution is 2.28. The van der Waals surface area contributed by atoms with E-state index in [1.165, 1.54) is 0 Å². The third-order valence-electron chi connectivity index (χ3n) is 3.39. The van der Waals surface area contributed by atoms with Gasteiger partial charge in [0.2, 0.25) is 0 Å². The minimum absolute atomic E-state index is 0.0837. The molecule has 0 saturated heterocycles. The van der Waals surface area contributed by atoms with E-state index in [-0.39, 0.29) is 5.78 Å². The van der Waals surface area contributed by atoms with E-state index in [0.717, 1.165) is 26.9 Å². The van der Waals surface area contributed by atoms with Crippen LogP contribution in [0.25, 0.3) is 10.1 Å². The van der Waals surface area contributed by atoms with E-state index in [1.807, 2.05) is 36.6 Å². The zero-order valence-electron chi connectivity index (χ0n) is 11.2. The van der Waals surface area contributed by atoms with E-state index in [9.17, 15) is 4.79 Å². The normalized spacial score (nSPS) is 11.2. The second kappa shape index (κ2) is 5.04. The third-order valence-corrected chi connectivity index (χ3v) is 4.82. The van der Waals surface area contributed by atoms with Crippen molar-refractivity contribution >= 4 is 38.8 Å². The number of hydrogen-bond acceptors (Lipinski definition) is 3. The van der Waals surface area contributed by atoms with Crippen molar-refractivity contribution in [1.29, 1.82) is 0 Å². The van der Waals surface area contributed by atoms with E-state index < -0.39 is 0 Å². The summed E-state index contributed by atoms with van der Waals surface area (Å²) in [5, 5.41) is 7.72. The van der Waals surface area contributed by atoms with Crippen LogP contribution in [0, 0.1) is 6.92 Å². The van der Waals surface area contributed by atoms with E-state index >= 15 is 0 Å². The maximum absolute atomic E-state index is 12.5. The van der Waals surface area contributed by atoms with Gasteiger partial charge < -0.3 is 0 Å². The van der Waals surface area contributed by atoms with E-state index in [0.29, 0.717) is 11.6 Å². The van der Waals surface area contributed by atoms with Crippen LogP contribution in [0.4, 0.5) is 0 Å². The maximum Gasteiger partial charge on any atom is 0.168 e. The van der Waals surface area contributed by atoms with Crippen molar-refractivity contribution in [2.24, 2.45) is 7.05 Å². The van der Waals surface area contributed by atoms with Gasteiger partial charge in [-0.05, 0) is 13.0 Å². The Labute approximate surface area is 125 Å². The number of ketones is 1. The largest absolute Gasteiger partial charge is 0.294 e. The SMILES string of the molecule is Cc1nn(C)c(Cl)c1CC(=O)c1csc2ccccc12. The van der Waals surface area contributed by atoms with Crippen LogP contribution in [-0.4, -0.2) is 15.6 Å². The summed E-state index contributed by atoms with van der Waals surface area (Å²) in [5.74, 6) is 0.0837. The average molecular weight is 305 g/mol. The second-order valence-electron chi connectivity index (χ2n) is 4.72. The van der Waals surface area contributed by atoms with Crippen molar-refractivity contribution in [3.8, 4) is 0 Å². The molecule has 1 aromatic carbocycles. The Morgan fingerprint density at radius 2 is 2.15 bits per heavy atom. The number of rotatable bonds is 3. The molecule has 3 aromatic rings. The minimum atomic E-state index is 0.0837. The lowest BCUT2D eigenvalue weighted by Crippen LogP contribution is -2.03. The molecule has 3 rings (SSSR count). The number of fused-ring (bicyclic) bond motifs is 1. The molecular weight excluding hydrogens is 292 g/mol. The summed E-state index contributed by atoms with van der Waals surface area (Å²) < 4.78 is 2.73. The van der Waals surface area contributed by atoms with Crippen LogP contribution in [0.3, 0.4) is 0 Å². The first kappa shape index (κ1) is 13.3. The number of aromatic nitrogens is 2. The van der Waals surface area contributed by atoms with Gasteiger partial charge in [-0.25, -0.2) is 0 Å². The molecule has 5 heteroatoms. The van der Waals surface area contributed by atoms with Crippen molar-refractivity contribution in [2.75, 3.05) is 0 Å². The Bertz CT molecular complexity index is 803. The van der Waals surface area contributed by atoms with Gasteiger partial charge in [0.25, 0.3) is 0 Å².